The normalized spacial score (nSPS) is 12.6. The van der Waals surface area contributed by atoms with Crippen molar-refractivity contribution in [2.24, 2.45) is 0 Å². The molecular weight excluding hydrogens is 293 g/mol. The topological polar surface area (TPSA) is 29.9 Å². The summed E-state index contributed by atoms with van der Waals surface area (Å²) in [6, 6.07) is 5.64. The van der Waals surface area contributed by atoms with Gasteiger partial charge in [-0.15, -0.1) is 0 Å². The van der Waals surface area contributed by atoms with Gasteiger partial charge < -0.3 is 9.88 Å². The van der Waals surface area contributed by atoms with Gasteiger partial charge in [0.15, 0.2) is 0 Å². The van der Waals surface area contributed by atoms with Gasteiger partial charge in [0, 0.05) is 47.0 Å². The van der Waals surface area contributed by atoms with E-state index in [0.717, 1.165) is 30.8 Å². The van der Waals surface area contributed by atoms with Gasteiger partial charge in [0.05, 0.1) is 0 Å². The number of rotatable bonds is 6. The van der Waals surface area contributed by atoms with E-state index in [9.17, 15) is 0 Å². The van der Waals surface area contributed by atoms with Gasteiger partial charge in [-0.25, -0.2) is 4.98 Å². The Morgan fingerprint density at radius 1 is 1.30 bits per heavy atom. The Hall–Kier alpha value is -1.03. The zero-order valence-electron chi connectivity index (χ0n) is 11.7. The van der Waals surface area contributed by atoms with E-state index in [1.807, 2.05) is 37.6 Å². The largest absolute Gasteiger partial charge is 0.335 e. The van der Waals surface area contributed by atoms with E-state index >= 15 is 0 Å². The maximum absolute atomic E-state index is 6.29. The third-order valence-electron chi connectivity index (χ3n) is 3.35. The molecule has 5 heteroatoms. The van der Waals surface area contributed by atoms with E-state index in [4.69, 9.17) is 23.2 Å². The third kappa shape index (κ3) is 3.35. The number of nitrogens with zero attached hydrogens (tertiary/aromatic N) is 2. The summed E-state index contributed by atoms with van der Waals surface area (Å²) in [6.07, 6.45) is 5.69. The standard InChI is InChI=1S/C15H19Cl2N3/c1-3-8-20-9-7-19-14(20)10-13(18-2)15-11(16)5-4-6-12(15)17/h4-7,9,13,18H,3,8,10H2,1-2H3. The highest BCUT2D eigenvalue weighted by atomic mass is 35.5. The van der Waals surface area contributed by atoms with Crippen LogP contribution in [0.5, 0.6) is 0 Å². The van der Waals surface area contributed by atoms with Crippen LogP contribution in [0.1, 0.15) is 30.8 Å². The Morgan fingerprint density at radius 2 is 2.00 bits per heavy atom. The lowest BCUT2D eigenvalue weighted by atomic mass is 10.0. The van der Waals surface area contributed by atoms with Crippen LogP contribution in [-0.2, 0) is 13.0 Å². The van der Waals surface area contributed by atoms with Crippen molar-refractivity contribution < 1.29 is 0 Å². The quantitative estimate of drug-likeness (QED) is 0.870. The number of benzene rings is 1. The number of aromatic nitrogens is 2. The first kappa shape index (κ1) is 15.4. The van der Waals surface area contributed by atoms with Gasteiger partial charge in [0.1, 0.15) is 5.82 Å². The van der Waals surface area contributed by atoms with E-state index < -0.39 is 0 Å². The molecular formula is C15H19Cl2N3. The fraction of sp³-hybridized carbons (Fsp3) is 0.400. The summed E-state index contributed by atoms with van der Waals surface area (Å²) in [7, 11) is 1.91. The molecule has 3 nitrogen and oxygen atoms in total. The first-order chi connectivity index (χ1) is 9.67. The summed E-state index contributed by atoms with van der Waals surface area (Å²) in [5.41, 5.74) is 0.935. The van der Waals surface area contributed by atoms with Crippen molar-refractivity contribution in [1.82, 2.24) is 14.9 Å². The average Bonchev–Trinajstić information content (AvgIpc) is 2.85. The van der Waals surface area contributed by atoms with E-state index in [1.165, 1.54) is 0 Å². The van der Waals surface area contributed by atoms with Gasteiger partial charge in [0.25, 0.3) is 0 Å². The molecule has 2 rings (SSSR count). The highest BCUT2D eigenvalue weighted by molar-refractivity contribution is 6.36. The zero-order chi connectivity index (χ0) is 14.5. The molecule has 0 aliphatic carbocycles. The third-order valence-corrected chi connectivity index (χ3v) is 4.01. The molecule has 0 aliphatic heterocycles. The number of aryl methyl sites for hydroxylation is 1. The molecule has 0 saturated heterocycles. The van der Waals surface area contributed by atoms with E-state index in [0.29, 0.717) is 10.0 Å². The average molecular weight is 312 g/mol. The van der Waals surface area contributed by atoms with Crippen molar-refractivity contribution in [2.45, 2.75) is 32.4 Å². The minimum Gasteiger partial charge on any atom is -0.335 e. The second-order valence-electron chi connectivity index (χ2n) is 4.72. The molecule has 108 valence electrons. The fourth-order valence-electron chi connectivity index (χ4n) is 2.35. The molecule has 1 aromatic carbocycles. The maximum Gasteiger partial charge on any atom is 0.110 e. The monoisotopic (exact) mass is 311 g/mol. The Bertz CT molecular complexity index is 546. The first-order valence-corrected chi connectivity index (χ1v) is 7.54. The van der Waals surface area contributed by atoms with Gasteiger partial charge >= 0.3 is 0 Å². The van der Waals surface area contributed by atoms with Crippen molar-refractivity contribution in [2.75, 3.05) is 7.05 Å². The fourth-order valence-corrected chi connectivity index (χ4v) is 3.01. The summed E-state index contributed by atoms with van der Waals surface area (Å²) in [5, 5.41) is 4.66. The van der Waals surface area contributed by atoms with Gasteiger partial charge in [-0.1, -0.05) is 36.2 Å². The molecule has 2 aromatic rings. The molecule has 0 amide bonds. The molecule has 0 spiro atoms. The number of halogens is 2. The van der Waals surface area contributed by atoms with E-state index in [-0.39, 0.29) is 6.04 Å². The van der Waals surface area contributed by atoms with Crippen LogP contribution in [0.4, 0.5) is 0 Å². The van der Waals surface area contributed by atoms with Crippen molar-refractivity contribution in [3.63, 3.8) is 0 Å². The Kier molecular flexibility index (Phi) is 5.46. The Labute approximate surface area is 129 Å². The molecule has 1 heterocycles. The highest BCUT2D eigenvalue weighted by Gasteiger charge is 2.18. The second-order valence-corrected chi connectivity index (χ2v) is 5.53. The smallest absolute Gasteiger partial charge is 0.110 e. The minimum absolute atomic E-state index is 0.0502. The predicted molar refractivity (Wildman–Crippen MR) is 84.5 cm³/mol. The van der Waals surface area contributed by atoms with Crippen molar-refractivity contribution in [3.05, 3.63) is 52.0 Å². The maximum atomic E-state index is 6.29. The molecule has 1 unspecified atom stereocenters. The van der Waals surface area contributed by atoms with Crippen LogP contribution in [0.2, 0.25) is 10.0 Å². The van der Waals surface area contributed by atoms with Crippen LogP contribution in [0.15, 0.2) is 30.6 Å². The van der Waals surface area contributed by atoms with Gasteiger partial charge in [0.2, 0.25) is 0 Å². The molecule has 0 fully saturated rings. The minimum atomic E-state index is 0.0502. The lowest BCUT2D eigenvalue weighted by Gasteiger charge is -2.19. The Balaban J connectivity index is 2.27. The molecule has 1 N–H and O–H groups in total. The van der Waals surface area contributed by atoms with E-state index in [2.05, 4.69) is 21.8 Å². The summed E-state index contributed by atoms with van der Waals surface area (Å²) >= 11 is 12.6. The molecule has 0 bridgehead atoms. The summed E-state index contributed by atoms with van der Waals surface area (Å²) < 4.78 is 2.18. The highest BCUT2D eigenvalue weighted by Crippen LogP contribution is 2.31. The number of hydrogen-bond donors (Lipinski definition) is 1. The second kappa shape index (κ2) is 7.11. The molecule has 1 atom stereocenters. The predicted octanol–water partition coefficient (Wildman–Crippen LogP) is 4.10. The molecule has 20 heavy (non-hydrogen) atoms. The number of hydrogen-bond acceptors (Lipinski definition) is 2. The SMILES string of the molecule is CCCn1ccnc1CC(NC)c1c(Cl)cccc1Cl. The summed E-state index contributed by atoms with van der Waals surface area (Å²) in [5.74, 6) is 1.04. The van der Waals surface area contributed by atoms with Crippen molar-refractivity contribution in [1.29, 1.82) is 0 Å². The van der Waals surface area contributed by atoms with Crippen molar-refractivity contribution >= 4 is 23.2 Å². The summed E-state index contributed by atoms with van der Waals surface area (Å²) in [6.45, 7) is 3.13. The van der Waals surface area contributed by atoms with Gasteiger partial charge in [-0.2, -0.15) is 0 Å². The van der Waals surface area contributed by atoms with Gasteiger partial charge in [-0.05, 0) is 25.6 Å². The van der Waals surface area contributed by atoms with Gasteiger partial charge in [-0.3, -0.25) is 0 Å². The number of imidazole rings is 1. The molecule has 0 radical (unpaired) electrons. The van der Waals surface area contributed by atoms with Crippen LogP contribution in [-0.4, -0.2) is 16.6 Å². The number of likely N-dealkylation sites (N-methyl/N-ethyl adjacent to an activating group) is 1. The van der Waals surface area contributed by atoms with Crippen LogP contribution in [0.25, 0.3) is 0 Å². The zero-order valence-corrected chi connectivity index (χ0v) is 13.2. The molecule has 0 aliphatic rings. The Morgan fingerprint density at radius 3 is 2.60 bits per heavy atom. The lowest BCUT2D eigenvalue weighted by molar-refractivity contribution is 0.543. The summed E-state index contributed by atoms with van der Waals surface area (Å²) in [4.78, 5) is 4.44. The lowest BCUT2D eigenvalue weighted by Crippen LogP contribution is -2.21. The van der Waals surface area contributed by atoms with Crippen LogP contribution in [0.3, 0.4) is 0 Å². The van der Waals surface area contributed by atoms with Crippen LogP contribution in [0, 0.1) is 0 Å². The first-order valence-electron chi connectivity index (χ1n) is 6.78. The van der Waals surface area contributed by atoms with Crippen LogP contribution < -0.4 is 5.32 Å². The van der Waals surface area contributed by atoms with Crippen LogP contribution >= 0.6 is 23.2 Å². The molecule has 0 saturated carbocycles. The number of nitrogens with one attached hydrogen (secondary N) is 1. The molecule has 1 aromatic heterocycles. The van der Waals surface area contributed by atoms with Crippen molar-refractivity contribution in [3.8, 4) is 0 Å². The van der Waals surface area contributed by atoms with E-state index in [1.54, 1.807) is 0 Å².